The van der Waals surface area contributed by atoms with E-state index in [0.29, 0.717) is 11.5 Å². The summed E-state index contributed by atoms with van der Waals surface area (Å²) in [4.78, 5) is 17.3. The molecule has 0 saturated carbocycles. The maximum absolute atomic E-state index is 12.8. The van der Waals surface area contributed by atoms with Crippen LogP contribution in [0.4, 0.5) is 5.69 Å². The molecule has 1 aromatic heterocycles. The van der Waals surface area contributed by atoms with Gasteiger partial charge in [0.15, 0.2) is 11.5 Å². The smallest absolute Gasteiger partial charge is 0.300 e. The molecule has 0 bridgehead atoms. The normalized spacial score (nSPS) is 17.5. The molecular formula is C23H26N4O. The molecule has 4 rings (SSSR count). The van der Waals surface area contributed by atoms with Crippen LogP contribution >= 0.6 is 0 Å². The number of rotatable bonds is 6. The molecule has 1 aliphatic heterocycles. The first kappa shape index (κ1) is 18.4. The van der Waals surface area contributed by atoms with Gasteiger partial charge in [0.25, 0.3) is 5.56 Å². The van der Waals surface area contributed by atoms with E-state index in [1.165, 1.54) is 19.3 Å². The van der Waals surface area contributed by atoms with E-state index < -0.39 is 5.66 Å². The lowest BCUT2D eigenvalue weighted by atomic mass is 9.98. The van der Waals surface area contributed by atoms with Crippen LogP contribution < -0.4 is 10.9 Å². The fourth-order valence-electron chi connectivity index (χ4n) is 3.88. The van der Waals surface area contributed by atoms with Crippen LogP contribution in [0.3, 0.4) is 0 Å². The van der Waals surface area contributed by atoms with E-state index in [-0.39, 0.29) is 5.56 Å². The zero-order valence-electron chi connectivity index (χ0n) is 16.5. The van der Waals surface area contributed by atoms with Gasteiger partial charge in [-0.3, -0.25) is 4.79 Å². The van der Waals surface area contributed by atoms with Gasteiger partial charge in [-0.15, -0.1) is 0 Å². The highest BCUT2D eigenvalue weighted by atomic mass is 16.1. The molecule has 5 nitrogen and oxygen atoms in total. The van der Waals surface area contributed by atoms with Crippen LogP contribution in [0.1, 0.15) is 46.0 Å². The molecule has 0 aliphatic carbocycles. The van der Waals surface area contributed by atoms with Gasteiger partial charge in [0.05, 0.1) is 0 Å². The second kappa shape index (κ2) is 7.58. The average Bonchev–Trinajstić information content (AvgIpc) is 2.72. The van der Waals surface area contributed by atoms with Crippen molar-refractivity contribution in [3.63, 3.8) is 0 Å². The van der Waals surface area contributed by atoms with Gasteiger partial charge in [0.1, 0.15) is 5.66 Å². The van der Waals surface area contributed by atoms with E-state index in [1.54, 1.807) is 0 Å². The fourth-order valence-corrected chi connectivity index (χ4v) is 3.88. The zero-order chi connectivity index (χ0) is 19.6. The summed E-state index contributed by atoms with van der Waals surface area (Å²) in [5, 5.41) is 8.48. The Morgan fingerprint density at radius 2 is 1.75 bits per heavy atom. The zero-order valence-corrected chi connectivity index (χ0v) is 16.5. The van der Waals surface area contributed by atoms with Crippen LogP contribution in [-0.4, -0.2) is 14.8 Å². The van der Waals surface area contributed by atoms with Gasteiger partial charge in [0.2, 0.25) is 0 Å². The molecule has 5 heteroatoms. The van der Waals surface area contributed by atoms with Crippen LogP contribution in [0.2, 0.25) is 0 Å². The fraction of sp³-hybridized carbons (Fsp3) is 0.348. The minimum Gasteiger partial charge on any atom is -0.361 e. The SMILES string of the molecule is CCCCCCC1(C)Nc2ccccc2-c2nc(=O)c(-c3ccccc3)nn21. The van der Waals surface area contributed by atoms with E-state index in [4.69, 9.17) is 5.10 Å². The Bertz CT molecular complexity index is 1030. The summed E-state index contributed by atoms with van der Waals surface area (Å²) in [5.74, 6) is 0.636. The van der Waals surface area contributed by atoms with E-state index in [2.05, 4.69) is 24.1 Å². The lowest BCUT2D eigenvalue weighted by Crippen LogP contribution is -2.45. The average molecular weight is 374 g/mol. The Labute approximate surface area is 165 Å². The Kier molecular flexibility index (Phi) is 4.99. The van der Waals surface area contributed by atoms with E-state index in [9.17, 15) is 4.79 Å². The molecule has 2 heterocycles. The van der Waals surface area contributed by atoms with E-state index in [1.807, 2.05) is 59.3 Å². The molecule has 3 aromatic rings. The summed E-state index contributed by atoms with van der Waals surface area (Å²) >= 11 is 0. The van der Waals surface area contributed by atoms with Crippen molar-refractivity contribution in [3.05, 3.63) is 65.0 Å². The van der Waals surface area contributed by atoms with Crippen molar-refractivity contribution in [1.29, 1.82) is 0 Å². The van der Waals surface area contributed by atoms with Crippen molar-refractivity contribution >= 4 is 5.69 Å². The molecular weight excluding hydrogens is 348 g/mol. The van der Waals surface area contributed by atoms with Crippen molar-refractivity contribution in [3.8, 4) is 22.6 Å². The molecule has 0 saturated heterocycles. The largest absolute Gasteiger partial charge is 0.361 e. The summed E-state index contributed by atoms with van der Waals surface area (Å²) in [5.41, 5.74) is 2.39. The van der Waals surface area contributed by atoms with Gasteiger partial charge in [-0.05, 0) is 31.9 Å². The van der Waals surface area contributed by atoms with Crippen LogP contribution in [0, 0.1) is 0 Å². The third kappa shape index (κ3) is 3.33. The van der Waals surface area contributed by atoms with Crippen LogP contribution in [0.5, 0.6) is 0 Å². The van der Waals surface area contributed by atoms with Gasteiger partial charge < -0.3 is 5.32 Å². The topological polar surface area (TPSA) is 59.8 Å². The minimum absolute atomic E-state index is 0.289. The second-order valence-electron chi connectivity index (χ2n) is 7.62. The molecule has 28 heavy (non-hydrogen) atoms. The molecule has 0 fully saturated rings. The van der Waals surface area contributed by atoms with E-state index >= 15 is 0 Å². The molecule has 0 amide bonds. The molecule has 1 unspecified atom stereocenters. The van der Waals surface area contributed by atoms with Crippen LogP contribution in [0.25, 0.3) is 22.6 Å². The number of para-hydroxylation sites is 1. The molecule has 1 aliphatic rings. The Morgan fingerprint density at radius 3 is 2.54 bits per heavy atom. The predicted molar refractivity (Wildman–Crippen MR) is 113 cm³/mol. The summed E-state index contributed by atoms with van der Waals surface area (Å²) < 4.78 is 1.92. The first-order valence-corrected chi connectivity index (χ1v) is 10.1. The van der Waals surface area contributed by atoms with Crippen molar-refractivity contribution < 1.29 is 0 Å². The van der Waals surface area contributed by atoms with Gasteiger partial charge >= 0.3 is 0 Å². The predicted octanol–water partition coefficient (Wildman–Crippen LogP) is 5.04. The standard InChI is InChI=1S/C23H26N4O/c1-3-4-5-11-16-23(2)25-19-15-10-9-14-18(19)21-24-22(28)20(26-27(21)23)17-12-7-6-8-13-17/h6-10,12-15,25H,3-5,11,16H2,1-2H3. The van der Waals surface area contributed by atoms with Crippen molar-refractivity contribution in [1.82, 2.24) is 14.8 Å². The Morgan fingerprint density at radius 1 is 1.00 bits per heavy atom. The van der Waals surface area contributed by atoms with Crippen molar-refractivity contribution in [2.24, 2.45) is 0 Å². The van der Waals surface area contributed by atoms with Crippen LogP contribution in [-0.2, 0) is 5.66 Å². The number of nitrogens with one attached hydrogen (secondary N) is 1. The number of aromatic nitrogens is 3. The molecule has 1 atom stereocenters. The first-order chi connectivity index (χ1) is 13.6. The molecule has 0 radical (unpaired) electrons. The summed E-state index contributed by atoms with van der Waals surface area (Å²) in [6, 6.07) is 17.6. The maximum Gasteiger partial charge on any atom is 0.300 e. The third-order valence-electron chi connectivity index (χ3n) is 5.41. The quantitative estimate of drug-likeness (QED) is 0.614. The molecule has 1 N–H and O–H groups in total. The minimum atomic E-state index is -0.429. The lowest BCUT2D eigenvalue weighted by molar-refractivity contribution is 0.289. The number of fused-ring (bicyclic) bond motifs is 3. The Balaban J connectivity index is 1.84. The lowest BCUT2D eigenvalue weighted by Gasteiger charge is -2.39. The Hall–Kier alpha value is -2.95. The number of hydrogen-bond donors (Lipinski definition) is 1. The summed E-state index contributed by atoms with van der Waals surface area (Å²) in [7, 11) is 0. The first-order valence-electron chi connectivity index (χ1n) is 10.1. The third-order valence-corrected chi connectivity index (χ3v) is 5.41. The monoisotopic (exact) mass is 374 g/mol. The van der Waals surface area contributed by atoms with Gasteiger partial charge in [-0.1, -0.05) is 68.7 Å². The summed E-state index contributed by atoms with van der Waals surface area (Å²) in [6.07, 6.45) is 5.62. The molecule has 0 spiro atoms. The van der Waals surface area contributed by atoms with Gasteiger partial charge in [-0.2, -0.15) is 10.1 Å². The number of unbranched alkanes of at least 4 members (excludes halogenated alkanes) is 3. The highest BCUT2D eigenvalue weighted by molar-refractivity contribution is 5.76. The highest BCUT2D eigenvalue weighted by Crippen LogP contribution is 2.38. The number of hydrogen-bond acceptors (Lipinski definition) is 4. The number of benzene rings is 2. The van der Waals surface area contributed by atoms with Gasteiger partial charge in [0, 0.05) is 16.8 Å². The second-order valence-corrected chi connectivity index (χ2v) is 7.62. The maximum atomic E-state index is 12.8. The van der Waals surface area contributed by atoms with E-state index in [0.717, 1.165) is 29.7 Å². The number of nitrogens with zero attached hydrogens (tertiary/aromatic N) is 3. The molecule has 2 aromatic carbocycles. The number of anilines is 1. The van der Waals surface area contributed by atoms with Crippen molar-refractivity contribution in [2.45, 2.75) is 51.6 Å². The van der Waals surface area contributed by atoms with Crippen molar-refractivity contribution in [2.75, 3.05) is 5.32 Å². The highest BCUT2D eigenvalue weighted by Gasteiger charge is 2.35. The molecule has 144 valence electrons. The van der Waals surface area contributed by atoms with Gasteiger partial charge in [-0.25, -0.2) is 4.68 Å². The van der Waals surface area contributed by atoms with Crippen LogP contribution in [0.15, 0.2) is 59.4 Å². The summed E-state index contributed by atoms with van der Waals surface area (Å²) in [6.45, 7) is 4.36.